The van der Waals surface area contributed by atoms with Gasteiger partial charge in [0, 0.05) is 41.6 Å². The third-order valence-electron chi connectivity index (χ3n) is 6.28. The molecule has 0 unspecified atom stereocenters. The number of nitrogens with zero attached hydrogens (tertiary/aromatic N) is 4. The van der Waals surface area contributed by atoms with Crippen LogP contribution in [0.25, 0.3) is 33.4 Å². The molecule has 0 saturated carbocycles. The molecule has 168 valence electrons. The molecular weight excluding hydrogens is 424 g/mol. The van der Waals surface area contributed by atoms with E-state index in [0.29, 0.717) is 18.1 Å². The second kappa shape index (κ2) is 8.63. The summed E-state index contributed by atoms with van der Waals surface area (Å²) < 4.78 is 14.0. The van der Waals surface area contributed by atoms with Gasteiger partial charge in [-0.1, -0.05) is 36.4 Å². The van der Waals surface area contributed by atoms with Crippen molar-refractivity contribution in [2.24, 2.45) is 0 Å². The van der Waals surface area contributed by atoms with Gasteiger partial charge in [0.25, 0.3) is 0 Å². The van der Waals surface area contributed by atoms with Crippen LogP contribution < -0.4 is 9.47 Å². The van der Waals surface area contributed by atoms with Crippen LogP contribution in [0.3, 0.4) is 0 Å². The summed E-state index contributed by atoms with van der Waals surface area (Å²) >= 11 is 0. The van der Waals surface area contributed by atoms with Gasteiger partial charge in [-0.15, -0.1) is 0 Å². The Labute approximate surface area is 197 Å². The molecule has 3 aromatic heterocycles. The predicted molar refractivity (Wildman–Crippen MR) is 132 cm³/mol. The molecule has 0 bridgehead atoms. The minimum Gasteiger partial charge on any atom is -0.493 e. The fourth-order valence-electron chi connectivity index (χ4n) is 4.68. The molecule has 0 saturated heterocycles. The summed E-state index contributed by atoms with van der Waals surface area (Å²) in [7, 11) is 1.67. The molecule has 0 aliphatic carbocycles. The van der Waals surface area contributed by atoms with Crippen LogP contribution in [-0.2, 0) is 19.6 Å². The molecule has 0 fully saturated rings. The average Bonchev–Trinajstić information content (AvgIpc) is 3.49. The Balaban J connectivity index is 1.48. The topological polar surface area (TPSA) is 62.1 Å². The zero-order valence-electron chi connectivity index (χ0n) is 18.9. The number of hydrogen-bond donors (Lipinski definition) is 0. The molecule has 0 N–H and O–H groups in total. The Hall–Kier alpha value is -4.19. The maximum atomic E-state index is 6.13. The van der Waals surface area contributed by atoms with Crippen molar-refractivity contribution in [3.8, 4) is 34.0 Å². The van der Waals surface area contributed by atoms with E-state index in [1.54, 1.807) is 7.11 Å². The molecule has 0 radical (unpaired) electrons. The first-order valence-corrected chi connectivity index (χ1v) is 11.5. The van der Waals surface area contributed by atoms with Crippen LogP contribution in [0.15, 0.2) is 79.1 Å². The molecule has 6 heteroatoms. The van der Waals surface area contributed by atoms with Crippen LogP contribution in [0.1, 0.15) is 17.7 Å². The van der Waals surface area contributed by atoms with E-state index in [0.717, 1.165) is 58.4 Å². The molecule has 6 rings (SSSR count). The maximum Gasteiger partial charge on any atom is 0.163 e. The Kier molecular flexibility index (Phi) is 5.18. The summed E-state index contributed by atoms with van der Waals surface area (Å²) in [5.41, 5.74) is 7.19. The van der Waals surface area contributed by atoms with Crippen molar-refractivity contribution in [2.75, 3.05) is 7.11 Å². The maximum absolute atomic E-state index is 6.13. The molecule has 5 aromatic rings. The molecule has 0 atom stereocenters. The van der Waals surface area contributed by atoms with Crippen molar-refractivity contribution in [3.05, 3.63) is 90.4 Å². The van der Waals surface area contributed by atoms with Gasteiger partial charge in [0.2, 0.25) is 0 Å². The summed E-state index contributed by atoms with van der Waals surface area (Å²) in [5.74, 6) is 1.36. The highest BCUT2D eigenvalue weighted by Gasteiger charge is 2.26. The van der Waals surface area contributed by atoms with E-state index in [1.165, 1.54) is 5.69 Å². The first-order chi connectivity index (χ1) is 16.8. The summed E-state index contributed by atoms with van der Waals surface area (Å²) in [4.78, 5) is 9.25. The molecule has 6 nitrogen and oxygen atoms in total. The Morgan fingerprint density at radius 2 is 1.79 bits per heavy atom. The number of methoxy groups -OCH3 is 1. The second-order valence-electron chi connectivity index (χ2n) is 8.36. The van der Waals surface area contributed by atoms with Gasteiger partial charge < -0.3 is 9.47 Å². The lowest BCUT2D eigenvalue weighted by molar-refractivity contribution is 0.285. The third kappa shape index (κ3) is 3.57. The van der Waals surface area contributed by atoms with Gasteiger partial charge in [-0.3, -0.25) is 14.6 Å². The van der Waals surface area contributed by atoms with Gasteiger partial charge in [-0.25, -0.2) is 0 Å². The highest BCUT2D eigenvalue weighted by atomic mass is 16.5. The van der Waals surface area contributed by atoms with E-state index in [9.17, 15) is 0 Å². The number of benzene rings is 2. The minimum absolute atomic E-state index is 0.461. The lowest BCUT2D eigenvalue weighted by Crippen LogP contribution is -1.99. The quantitative estimate of drug-likeness (QED) is 0.334. The molecule has 0 amide bonds. The number of aromatic nitrogens is 4. The summed E-state index contributed by atoms with van der Waals surface area (Å²) in [5, 5.41) is 5.95. The summed E-state index contributed by atoms with van der Waals surface area (Å²) in [6, 6.07) is 22.1. The number of fused-ring (bicyclic) bond motifs is 2. The Morgan fingerprint density at radius 3 is 2.62 bits per heavy atom. The lowest BCUT2D eigenvalue weighted by Gasteiger charge is -2.14. The van der Waals surface area contributed by atoms with Crippen LogP contribution in [-0.4, -0.2) is 26.9 Å². The Bertz CT molecular complexity index is 1460. The van der Waals surface area contributed by atoms with E-state index >= 15 is 0 Å². The highest BCUT2D eigenvalue weighted by Crippen LogP contribution is 2.42. The van der Waals surface area contributed by atoms with E-state index < -0.39 is 0 Å². The van der Waals surface area contributed by atoms with Crippen LogP contribution in [0, 0.1) is 0 Å². The fraction of sp³-hybridized carbons (Fsp3) is 0.179. The number of aryl methyl sites for hydroxylation is 1. The van der Waals surface area contributed by atoms with Gasteiger partial charge >= 0.3 is 0 Å². The Morgan fingerprint density at radius 1 is 0.912 bits per heavy atom. The van der Waals surface area contributed by atoms with Crippen molar-refractivity contribution in [2.45, 2.75) is 26.0 Å². The first-order valence-electron chi connectivity index (χ1n) is 11.5. The minimum atomic E-state index is 0.461. The van der Waals surface area contributed by atoms with Crippen molar-refractivity contribution >= 4 is 10.9 Å². The van der Waals surface area contributed by atoms with Crippen molar-refractivity contribution in [3.63, 3.8) is 0 Å². The average molecular weight is 449 g/mol. The summed E-state index contributed by atoms with van der Waals surface area (Å²) in [6.07, 6.45) is 5.76. The van der Waals surface area contributed by atoms with Crippen LogP contribution >= 0.6 is 0 Å². The monoisotopic (exact) mass is 448 g/mol. The van der Waals surface area contributed by atoms with E-state index in [1.807, 2.05) is 73.1 Å². The number of hydrogen-bond acceptors (Lipinski definition) is 5. The van der Waals surface area contributed by atoms with Gasteiger partial charge in [-0.05, 0) is 48.2 Å². The SMILES string of the molecule is COc1cc2c(-c3c(-c4ccccn4)nn4c3CCC4)ccnc2cc1OCc1ccccc1. The smallest absolute Gasteiger partial charge is 0.163 e. The predicted octanol–water partition coefficient (Wildman–Crippen LogP) is 5.69. The largest absolute Gasteiger partial charge is 0.493 e. The van der Waals surface area contributed by atoms with Gasteiger partial charge in [0.15, 0.2) is 11.5 Å². The first kappa shape index (κ1) is 20.4. The fourth-order valence-corrected chi connectivity index (χ4v) is 4.68. The van der Waals surface area contributed by atoms with Crippen molar-refractivity contribution < 1.29 is 9.47 Å². The zero-order chi connectivity index (χ0) is 22.9. The van der Waals surface area contributed by atoms with Gasteiger partial charge in [0.1, 0.15) is 12.3 Å². The van der Waals surface area contributed by atoms with Crippen LogP contribution in [0.2, 0.25) is 0 Å². The van der Waals surface area contributed by atoms with Gasteiger partial charge in [-0.2, -0.15) is 5.10 Å². The molecular formula is C28H24N4O2. The standard InChI is InChI=1S/C28H24N4O2/c1-33-25-16-21-20(12-14-30-23(21)17-26(25)34-18-19-8-3-2-4-9-19)27-24-11-7-15-32(24)31-28(27)22-10-5-6-13-29-22/h2-6,8-10,12-14,16-17H,7,11,15,18H2,1H3. The molecule has 4 heterocycles. The van der Waals surface area contributed by atoms with Crippen molar-refractivity contribution in [1.82, 2.24) is 19.7 Å². The molecule has 2 aromatic carbocycles. The second-order valence-corrected chi connectivity index (χ2v) is 8.36. The number of ether oxygens (including phenoxy) is 2. The summed E-state index contributed by atoms with van der Waals surface area (Å²) in [6.45, 7) is 1.39. The zero-order valence-corrected chi connectivity index (χ0v) is 18.9. The van der Waals surface area contributed by atoms with E-state index in [4.69, 9.17) is 14.6 Å². The number of pyridine rings is 2. The molecule has 1 aliphatic heterocycles. The molecule has 34 heavy (non-hydrogen) atoms. The van der Waals surface area contributed by atoms with Crippen molar-refractivity contribution in [1.29, 1.82) is 0 Å². The lowest BCUT2D eigenvalue weighted by atomic mass is 9.96. The van der Waals surface area contributed by atoms with Crippen LogP contribution in [0.4, 0.5) is 0 Å². The molecule has 0 spiro atoms. The van der Waals surface area contributed by atoms with Crippen LogP contribution in [0.5, 0.6) is 11.5 Å². The highest BCUT2D eigenvalue weighted by molar-refractivity contribution is 6.00. The molecule has 1 aliphatic rings. The van der Waals surface area contributed by atoms with E-state index in [-0.39, 0.29) is 0 Å². The number of rotatable bonds is 6. The van der Waals surface area contributed by atoms with E-state index in [2.05, 4.69) is 20.7 Å². The normalized spacial score (nSPS) is 12.6. The third-order valence-corrected chi connectivity index (χ3v) is 6.28. The van der Waals surface area contributed by atoms with Gasteiger partial charge in [0.05, 0.1) is 18.3 Å².